The van der Waals surface area contributed by atoms with Crippen molar-refractivity contribution in [2.45, 2.75) is 43.5 Å². The maximum Gasteiger partial charge on any atom is 0.251 e. The van der Waals surface area contributed by atoms with Gasteiger partial charge in [0, 0.05) is 37.1 Å². The van der Waals surface area contributed by atoms with Crippen LogP contribution in [-0.4, -0.2) is 42.7 Å². The lowest BCUT2D eigenvalue weighted by Crippen LogP contribution is -2.41. The fourth-order valence-corrected chi connectivity index (χ4v) is 5.02. The number of aromatic nitrogens is 1. The van der Waals surface area contributed by atoms with Crippen LogP contribution in [0.4, 0.5) is 0 Å². The van der Waals surface area contributed by atoms with Gasteiger partial charge >= 0.3 is 0 Å². The number of piperidine rings is 1. The Hall–Kier alpha value is -2.25. The number of nitrogens with zero attached hydrogens (tertiary/aromatic N) is 2. The fourth-order valence-electron chi connectivity index (χ4n) is 3.32. The number of nitrogens with one attached hydrogen (secondary N) is 1. The van der Waals surface area contributed by atoms with Crippen LogP contribution in [0.1, 0.15) is 42.1 Å². The summed E-state index contributed by atoms with van der Waals surface area (Å²) in [5.41, 5.74) is 1.55. The van der Waals surface area contributed by atoms with Crippen LogP contribution in [0.2, 0.25) is 0 Å². The molecular weight excluding hydrogens is 362 g/mol. The van der Waals surface area contributed by atoms with Gasteiger partial charge in [-0.1, -0.05) is 18.6 Å². The van der Waals surface area contributed by atoms with Crippen molar-refractivity contribution in [3.63, 3.8) is 0 Å². The molecule has 1 atom stereocenters. The maximum absolute atomic E-state index is 12.8. The van der Waals surface area contributed by atoms with Crippen LogP contribution in [0.15, 0.2) is 53.7 Å². The first-order valence-electron chi connectivity index (χ1n) is 9.27. The van der Waals surface area contributed by atoms with E-state index in [1.165, 1.54) is 0 Å². The average Bonchev–Trinajstić information content (AvgIpc) is 2.69. The topological polar surface area (TPSA) is 79.4 Å². The minimum absolute atomic E-state index is 0.0480. The molecule has 1 aromatic carbocycles. The molecule has 1 saturated heterocycles. The predicted molar refractivity (Wildman–Crippen MR) is 104 cm³/mol. The predicted octanol–water partition coefficient (Wildman–Crippen LogP) is 2.62. The lowest BCUT2D eigenvalue weighted by Gasteiger charge is -2.32. The van der Waals surface area contributed by atoms with Gasteiger partial charge in [-0.25, -0.2) is 8.42 Å². The summed E-state index contributed by atoms with van der Waals surface area (Å²) in [6.45, 7) is 3.04. The van der Waals surface area contributed by atoms with E-state index >= 15 is 0 Å². The molecule has 1 unspecified atom stereocenters. The Morgan fingerprint density at radius 3 is 2.52 bits per heavy atom. The van der Waals surface area contributed by atoms with Gasteiger partial charge in [-0.3, -0.25) is 9.78 Å². The summed E-state index contributed by atoms with van der Waals surface area (Å²) in [7, 11) is -3.44. The minimum atomic E-state index is -3.44. The molecule has 2 heterocycles. The zero-order valence-electron chi connectivity index (χ0n) is 15.5. The Morgan fingerprint density at radius 1 is 1.15 bits per heavy atom. The number of amides is 1. The average molecular weight is 388 g/mol. The number of carbonyl (C=O) groups is 1. The quantitative estimate of drug-likeness (QED) is 0.826. The van der Waals surface area contributed by atoms with Crippen LogP contribution in [0.3, 0.4) is 0 Å². The summed E-state index contributed by atoms with van der Waals surface area (Å²) < 4.78 is 27.3. The van der Waals surface area contributed by atoms with E-state index in [9.17, 15) is 13.2 Å². The number of hydrogen-bond donors (Lipinski definition) is 1. The largest absolute Gasteiger partial charge is 0.352 e. The summed E-state index contributed by atoms with van der Waals surface area (Å²) in [6.07, 6.45) is 6.70. The fraction of sp³-hybridized carbons (Fsp3) is 0.400. The lowest BCUT2D eigenvalue weighted by molar-refractivity contribution is 0.0954. The molecular formula is C20H25N3O3S. The summed E-state index contributed by atoms with van der Waals surface area (Å²) in [5.74, 6) is -0.143. The zero-order valence-corrected chi connectivity index (χ0v) is 16.3. The van der Waals surface area contributed by atoms with Gasteiger partial charge in [-0.15, -0.1) is 0 Å². The molecule has 2 aromatic rings. The van der Waals surface area contributed by atoms with Gasteiger partial charge in [0.05, 0.1) is 4.90 Å². The first kappa shape index (κ1) is 19.5. The molecule has 1 fully saturated rings. The standard InChI is InChI=1S/C20H25N3O3S/c1-16-4-2-3-15-23(16)27(25,26)19-7-5-17(6-8-19)9-14-22-20(24)18-10-12-21-13-11-18/h5-8,10-13,16H,2-4,9,14-15H2,1H3,(H,22,24). The monoisotopic (exact) mass is 387 g/mol. The van der Waals surface area contributed by atoms with Gasteiger partial charge < -0.3 is 5.32 Å². The van der Waals surface area contributed by atoms with Crippen LogP contribution in [0, 0.1) is 0 Å². The van der Waals surface area contributed by atoms with Crippen molar-refractivity contribution in [3.8, 4) is 0 Å². The third-order valence-electron chi connectivity index (χ3n) is 4.91. The summed E-state index contributed by atoms with van der Waals surface area (Å²) in [6, 6.07) is 10.3. The van der Waals surface area contributed by atoms with E-state index < -0.39 is 10.0 Å². The summed E-state index contributed by atoms with van der Waals surface area (Å²) >= 11 is 0. The van der Waals surface area contributed by atoms with Crippen molar-refractivity contribution in [1.29, 1.82) is 0 Å². The molecule has 1 aromatic heterocycles. The second kappa shape index (κ2) is 8.63. The Bertz CT molecular complexity index is 867. The third-order valence-corrected chi connectivity index (χ3v) is 6.94. The molecule has 1 aliphatic rings. The zero-order chi connectivity index (χ0) is 19.3. The van der Waals surface area contributed by atoms with Gasteiger partial charge in [0.15, 0.2) is 0 Å². The molecule has 1 aliphatic heterocycles. The molecule has 7 heteroatoms. The van der Waals surface area contributed by atoms with Gasteiger partial charge in [0.2, 0.25) is 10.0 Å². The molecule has 0 saturated carbocycles. The normalized spacial score (nSPS) is 18.2. The lowest BCUT2D eigenvalue weighted by atomic mass is 10.1. The third kappa shape index (κ3) is 4.73. The number of rotatable bonds is 6. The molecule has 27 heavy (non-hydrogen) atoms. The maximum atomic E-state index is 12.8. The van der Waals surface area contributed by atoms with Gasteiger partial charge in [0.1, 0.15) is 0 Å². The van der Waals surface area contributed by atoms with Gasteiger partial charge in [0.25, 0.3) is 5.91 Å². The molecule has 144 valence electrons. The summed E-state index contributed by atoms with van der Waals surface area (Å²) in [4.78, 5) is 16.2. The van der Waals surface area contributed by atoms with Gasteiger partial charge in [-0.05, 0) is 56.0 Å². The van der Waals surface area contributed by atoms with E-state index in [2.05, 4.69) is 10.3 Å². The minimum Gasteiger partial charge on any atom is -0.352 e. The second-order valence-electron chi connectivity index (χ2n) is 6.85. The molecule has 1 amide bonds. The molecule has 6 nitrogen and oxygen atoms in total. The first-order chi connectivity index (χ1) is 13.0. The van der Waals surface area contributed by atoms with Crippen molar-refractivity contribution in [1.82, 2.24) is 14.6 Å². The van der Waals surface area contributed by atoms with Gasteiger partial charge in [-0.2, -0.15) is 4.31 Å². The first-order valence-corrected chi connectivity index (χ1v) is 10.7. The molecule has 0 bridgehead atoms. The van der Waals surface area contributed by atoms with E-state index in [0.717, 1.165) is 24.8 Å². The number of pyridine rings is 1. The van der Waals surface area contributed by atoms with Crippen molar-refractivity contribution >= 4 is 15.9 Å². The Labute approximate surface area is 160 Å². The SMILES string of the molecule is CC1CCCCN1S(=O)(=O)c1ccc(CCNC(=O)c2ccncc2)cc1. The van der Waals surface area contributed by atoms with Crippen molar-refractivity contribution < 1.29 is 13.2 Å². The number of carbonyl (C=O) groups excluding carboxylic acids is 1. The Balaban J connectivity index is 1.58. The number of hydrogen-bond acceptors (Lipinski definition) is 4. The molecule has 1 N–H and O–H groups in total. The Morgan fingerprint density at radius 2 is 1.85 bits per heavy atom. The van der Waals surface area contributed by atoms with Crippen molar-refractivity contribution in [2.75, 3.05) is 13.1 Å². The van der Waals surface area contributed by atoms with E-state index in [0.29, 0.717) is 30.0 Å². The highest BCUT2D eigenvalue weighted by Crippen LogP contribution is 2.25. The smallest absolute Gasteiger partial charge is 0.251 e. The highest BCUT2D eigenvalue weighted by Gasteiger charge is 2.30. The highest BCUT2D eigenvalue weighted by atomic mass is 32.2. The van der Waals surface area contributed by atoms with Crippen molar-refractivity contribution in [2.24, 2.45) is 0 Å². The van der Waals surface area contributed by atoms with Crippen LogP contribution >= 0.6 is 0 Å². The van der Waals surface area contributed by atoms with E-state index in [1.807, 2.05) is 19.1 Å². The van der Waals surface area contributed by atoms with E-state index in [-0.39, 0.29) is 11.9 Å². The van der Waals surface area contributed by atoms with Crippen LogP contribution in [-0.2, 0) is 16.4 Å². The van der Waals surface area contributed by atoms with Crippen LogP contribution in [0.5, 0.6) is 0 Å². The van der Waals surface area contributed by atoms with Crippen LogP contribution < -0.4 is 5.32 Å². The molecule has 0 aliphatic carbocycles. The van der Waals surface area contributed by atoms with Crippen molar-refractivity contribution in [3.05, 3.63) is 59.9 Å². The molecule has 0 radical (unpaired) electrons. The van der Waals surface area contributed by atoms with E-state index in [4.69, 9.17) is 0 Å². The van der Waals surface area contributed by atoms with Crippen LogP contribution in [0.25, 0.3) is 0 Å². The van der Waals surface area contributed by atoms with E-state index in [1.54, 1.807) is 41.0 Å². The molecule has 3 rings (SSSR count). The summed E-state index contributed by atoms with van der Waals surface area (Å²) in [5, 5.41) is 2.86. The Kier molecular flexibility index (Phi) is 6.23. The number of sulfonamides is 1. The molecule has 0 spiro atoms. The second-order valence-corrected chi connectivity index (χ2v) is 8.74. The number of benzene rings is 1. The highest BCUT2D eigenvalue weighted by molar-refractivity contribution is 7.89.